The molecule has 0 aromatic carbocycles. The smallest absolute Gasteiger partial charge is 0.418 e. The molecule has 1 aromatic rings. The van der Waals surface area contributed by atoms with E-state index < -0.39 is 12.1 Å². The van der Waals surface area contributed by atoms with Crippen LogP contribution in [0.2, 0.25) is 0 Å². The second-order valence-electron chi connectivity index (χ2n) is 3.05. The third-order valence-electron chi connectivity index (χ3n) is 1.84. The van der Waals surface area contributed by atoms with Gasteiger partial charge in [-0.3, -0.25) is 5.32 Å². The van der Waals surface area contributed by atoms with E-state index in [2.05, 4.69) is 5.32 Å². The van der Waals surface area contributed by atoms with Crippen molar-refractivity contribution < 1.29 is 14.3 Å². The first-order valence-electron chi connectivity index (χ1n) is 5.18. The predicted molar refractivity (Wildman–Crippen MR) is 66.1 cm³/mol. The van der Waals surface area contributed by atoms with Crippen LogP contribution < -0.4 is 11.1 Å². The number of nitrogens with zero attached hydrogens (tertiary/aromatic N) is 1. The van der Waals surface area contributed by atoms with Crippen molar-refractivity contribution in [2.24, 2.45) is 5.73 Å². The molecule has 7 heteroatoms. The lowest BCUT2D eigenvalue weighted by Crippen LogP contribution is -2.43. The molecule has 0 radical (unpaired) electrons. The molecule has 6 nitrogen and oxygen atoms in total. The summed E-state index contributed by atoms with van der Waals surface area (Å²) in [5, 5.41) is 5.09. The molecule has 3 N–H and O–H groups in total. The van der Waals surface area contributed by atoms with Gasteiger partial charge in [-0.05, 0) is 24.4 Å². The van der Waals surface area contributed by atoms with E-state index in [1.807, 2.05) is 5.38 Å². The molecule has 0 aliphatic rings. The SMILES string of the molecule is CCOC(=O)N(CCN)C(=O)Nc1cccs1. The standard InChI is InChI=1S/C10H15N3O3S/c1-2-16-10(15)13(6-5-11)9(14)12-8-4-3-7-17-8/h3-4,7H,2,5-6,11H2,1H3,(H,12,14). The van der Waals surface area contributed by atoms with Gasteiger partial charge in [0.15, 0.2) is 0 Å². The van der Waals surface area contributed by atoms with E-state index in [0.717, 1.165) is 4.90 Å². The summed E-state index contributed by atoms with van der Waals surface area (Å²) in [6.07, 6.45) is -0.688. The summed E-state index contributed by atoms with van der Waals surface area (Å²) < 4.78 is 4.77. The van der Waals surface area contributed by atoms with Gasteiger partial charge in [0.25, 0.3) is 0 Å². The Labute approximate surface area is 103 Å². The zero-order valence-electron chi connectivity index (χ0n) is 9.51. The van der Waals surface area contributed by atoms with Crippen molar-refractivity contribution in [1.82, 2.24) is 4.90 Å². The number of rotatable bonds is 4. The normalized spacial score (nSPS) is 9.76. The maximum absolute atomic E-state index is 11.8. The molecule has 0 unspecified atom stereocenters. The molecule has 0 aliphatic carbocycles. The molecule has 0 fully saturated rings. The van der Waals surface area contributed by atoms with Gasteiger partial charge >= 0.3 is 12.1 Å². The lowest BCUT2D eigenvalue weighted by molar-refractivity contribution is 0.118. The van der Waals surface area contributed by atoms with Crippen LogP contribution in [0, 0.1) is 0 Å². The number of carbonyl (C=O) groups excluding carboxylic acids is 2. The summed E-state index contributed by atoms with van der Waals surface area (Å²) in [5.41, 5.74) is 5.35. The number of thiophene rings is 1. The Kier molecular flexibility index (Phi) is 5.44. The highest BCUT2D eigenvalue weighted by Crippen LogP contribution is 2.15. The van der Waals surface area contributed by atoms with Crippen LogP contribution in [0.4, 0.5) is 14.6 Å². The van der Waals surface area contributed by atoms with Crippen LogP contribution in [0.5, 0.6) is 0 Å². The van der Waals surface area contributed by atoms with Crippen LogP contribution in [-0.4, -0.2) is 36.7 Å². The summed E-state index contributed by atoms with van der Waals surface area (Å²) in [6, 6.07) is 3.02. The average molecular weight is 257 g/mol. The Balaban J connectivity index is 2.63. The lowest BCUT2D eigenvalue weighted by Gasteiger charge is -2.19. The van der Waals surface area contributed by atoms with Crippen LogP contribution in [0.3, 0.4) is 0 Å². The van der Waals surface area contributed by atoms with E-state index in [-0.39, 0.29) is 19.7 Å². The quantitative estimate of drug-likeness (QED) is 0.859. The van der Waals surface area contributed by atoms with Crippen molar-refractivity contribution in [3.05, 3.63) is 17.5 Å². The van der Waals surface area contributed by atoms with Crippen molar-refractivity contribution in [3.63, 3.8) is 0 Å². The third kappa shape index (κ3) is 4.04. The van der Waals surface area contributed by atoms with Gasteiger partial charge in [-0.25, -0.2) is 14.5 Å². The van der Waals surface area contributed by atoms with Gasteiger partial charge in [0, 0.05) is 13.1 Å². The molecule has 0 saturated heterocycles. The highest BCUT2D eigenvalue weighted by Gasteiger charge is 2.21. The van der Waals surface area contributed by atoms with Gasteiger partial charge in [-0.1, -0.05) is 0 Å². The molecule has 0 atom stereocenters. The maximum Gasteiger partial charge on any atom is 0.418 e. The number of imide groups is 1. The molecule has 1 aromatic heterocycles. The number of hydrogen-bond acceptors (Lipinski definition) is 5. The van der Waals surface area contributed by atoms with Gasteiger partial charge in [0.05, 0.1) is 11.6 Å². The molecule has 0 saturated carbocycles. The molecular formula is C10H15N3O3S. The predicted octanol–water partition coefficient (Wildman–Crippen LogP) is 1.70. The number of nitrogens with one attached hydrogen (secondary N) is 1. The van der Waals surface area contributed by atoms with E-state index in [1.165, 1.54) is 11.3 Å². The van der Waals surface area contributed by atoms with E-state index in [9.17, 15) is 9.59 Å². The summed E-state index contributed by atoms with van der Waals surface area (Å²) in [7, 11) is 0. The van der Waals surface area contributed by atoms with E-state index in [1.54, 1.807) is 19.1 Å². The van der Waals surface area contributed by atoms with Crippen LogP contribution in [0.15, 0.2) is 17.5 Å². The number of nitrogens with two attached hydrogens (primary N) is 1. The Morgan fingerprint density at radius 3 is 2.88 bits per heavy atom. The molecule has 0 bridgehead atoms. The van der Waals surface area contributed by atoms with Crippen LogP contribution in [0.25, 0.3) is 0 Å². The van der Waals surface area contributed by atoms with Crippen molar-refractivity contribution in [2.75, 3.05) is 25.0 Å². The molecule has 17 heavy (non-hydrogen) atoms. The van der Waals surface area contributed by atoms with Gasteiger partial charge in [-0.2, -0.15) is 0 Å². The minimum Gasteiger partial charge on any atom is -0.449 e. The third-order valence-corrected chi connectivity index (χ3v) is 2.62. The molecule has 3 amide bonds. The molecule has 94 valence electrons. The van der Waals surface area contributed by atoms with Crippen molar-refractivity contribution >= 4 is 28.5 Å². The highest BCUT2D eigenvalue weighted by atomic mass is 32.1. The van der Waals surface area contributed by atoms with Gasteiger partial charge < -0.3 is 10.5 Å². The fourth-order valence-electron chi connectivity index (χ4n) is 1.13. The molecule has 1 rings (SSSR count). The second-order valence-corrected chi connectivity index (χ2v) is 3.99. The van der Waals surface area contributed by atoms with Crippen LogP contribution in [-0.2, 0) is 4.74 Å². The van der Waals surface area contributed by atoms with Crippen LogP contribution >= 0.6 is 11.3 Å². The first-order chi connectivity index (χ1) is 8.19. The van der Waals surface area contributed by atoms with Gasteiger partial charge in [0.1, 0.15) is 0 Å². The number of hydrogen-bond donors (Lipinski definition) is 2. The first-order valence-corrected chi connectivity index (χ1v) is 6.05. The Morgan fingerprint density at radius 1 is 1.59 bits per heavy atom. The summed E-state index contributed by atoms with van der Waals surface area (Å²) in [4.78, 5) is 24.2. The molecular weight excluding hydrogens is 242 g/mol. The number of carbonyl (C=O) groups is 2. The zero-order chi connectivity index (χ0) is 12.7. The average Bonchev–Trinajstić information content (AvgIpc) is 2.78. The number of urea groups is 1. The van der Waals surface area contributed by atoms with Gasteiger partial charge in [-0.15, -0.1) is 11.3 Å². The summed E-state index contributed by atoms with van der Waals surface area (Å²) in [5.74, 6) is 0. The first kappa shape index (κ1) is 13.5. The topological polar surface area (TPSA) is 84.7 Å². The van der Waals surface area contributed by atoms with Crippen molar-refractivity contribution in [1.29, 1.82) is 0 Å². The Bertz CT molecular complexity index is 367. The molecule has 1 heterocycles. The van der Waals surface area contributed by atoms with Crippen LogP contribution in [0.1, 0.15) is 6.92 Å². The van der Waals surface area contributed by atoms with E-state index >= 15 is 0 Å². The summed E-state index contributed by atoms with van der Waals surface area (Å²) >= 11 is 1.37. The summed E-state index contributed by atoms with van der Waals surface area (Å²) in [6.45, 7) is 2.20. The largest absolute Gasteiger partial charge is 0.449 e. The fourth-order valence-corrected chi connectivity index (χ4v) is 1.74. The molecule has 0 spiro atoms. The fraction of sp³-hybridized carbons (Fsp3) is 0.400. The second kappa shape index (κ2) is 6.87. The zero-order valence-corrected chi connectivity index (χ0v) is 10.3. The number of amides is 3. The van der Waals surface area contributed by atoms with Crippen molar-refractivity contribution in [2.45, 2.75) is 6.92 Å². The maximum atomic E-state index is 11.8. The number of anilines is 1. The van der Waals surface area contributed by atoms with Crippen molar-refractivity contribution in [3.8, 4) is 0 Å². The Morgan fingerprint density at radius 2 is 2.35 bits per heavy atom. The monoisotopic (exact) mass is 257 g/mol. The number of ether oxygens (including phenoxy) is 1. The van der Waals surface area contributed by atoms with E-state index in [0.29, 0.717) is 5.00 Å². The van der Waals surface area contributed by atoms with Gasteiger partial charge in [0.2, 0.25) is 0 Å². The Hall–Kier alpha value is -1.60. The minimum atomic E-state index is -0.688. The lowest BCUT2D eigenvalue weighted by atomic mass is 10.5. The molecule has 0 aliphatic heterocycles. The minimum absolute atomic E-state index is 0.121. The van der Waals surface area contributed by atoms with E-state index in [4.69, 9.17) is 10.5 Å². The highest BCUT2D eigenvalue weighted by molar-refractivity contribution is 7.14.